The summed E-state index contributed by atoms with van der Waals surface area (Å²) in [5, 5.41) is 3.54. The highest BCUT2D eigenvalue weighted by Gasteiger charge is 2.17. The maximum absolute atomic E-state index is 12.8. The lowest BCUT2D eigenvalue weighted by Gasteiger charge is -2.28. The number of anilines is 2. The van der Waals surface area contributed by atoms with Gasteiger partial charge in [-0.2, -0.15) is 0 Å². The van der Waals surface area contributed by atoms with Crippen LogP contribution in [0.3, 0.4) is 0 Å². The van der Waals surface area contributed by atoms with Gasteiger partial charge in [-0.1, -0.05) is 12.6 Å². The van der Waals surface area contributed by atoms with Crippen molar-refractivity contribution in [2.24, 2.45) is 0 Å². The van der Waals surface area contributed by atoms with Crippen LogP contribution < -0.4 is 15.0 Å². The van der Waals surface area contributed by atoms with Crippen molar-refractivity contribution in [2.45, 2.75) is 6.42 Å². The second-order valence-corrected chi connectivity index (χ2v) is 9.31. The predicted molar refractivity (Wildman–Crippen MR) is 155 cm³/mol. The summed E-state index contributed by atoms with van der Waals surface area (Å²) in [6.45, 7) is 8.46. The van der Waals surface area contributed by atoms with Crippen LogP contribution in [0.4, 0.5) is 11.5 Å². The van der Waals surface area contributed by atoms with Crippen molar-refractivity contribution in [2.75, 3.05) is 49.6 Å². The second-order valence-electron chi connectivity index (χ2n) is 9.31. The Morgan fingerprint density at radius 1 is 1.02 bits per heavy atom. The zero-order valence-corrected chi connectivity index (χ0v) is 22.2. The lowest BCUT2D eigenvalue weighted by atomic mass is 10.1. The number of nitrogens with one attached hydrogen (secondary N) is 1. The SMILES string of the molecule is C=CC(=O)N(CCCN1CCOCC1)c1ccc2nccc(Oc3ccc(C(=O)Nc4ccccn4)cc3)c2c1. The van der Waals surface area contributed by atoms with Crippen LogP contribution in [0.5, 0.6) is 11.5 Å². The third kappa shape index (κ3) is 6.69. The molecule has 0 unspecified atom stereocenters. The Kier molecular flexibility index (Phi) is 8.75. The minimum atomic E-state index is -0.259. The molecule has 0 spiro atoms. The molecule has 4 aromatic rings. The smallest absolute Gasteiger partial charge is 0.256 e. The van der Waals surface area contributed by atoms with Crippen LogP contribution in [-0.4, -0.2) is 66.1 Å². The van der Waals surface area contributed by atoms with E-state index < -0.39 is 0 Å². The van der Waals surface area contributed by atoms with Gasteiger partial charge in [-0.05, 0) is 73.2 Å². The van der Waals surface area contributed by atoms with E-state index in [1.54, 1.807) is 59.8 Å². The molecule has 0 aliphatic carbocycles. The van der Waals surface area contributed by atoms with Crippen molar-refractivity contribution in [1.82, 2.24) is 14.9 Å². The average Bonchev–Trinajstić information content (AvgIpc) is 3.00. The van der Waals surface area contributed by atoms with Gasteiger partial charge >= 0.3 is 0 Å². The summed E-state index contributed by atoms with van der Waals surface area (Å²) < 4.78 is 11.6. The number of carbonyl (C=O) groups excluding carboxylic acids is 2. The van der Waals surface area contributed by atoms with E-state index >= 15 is 0 Å². The second kappa shape index (κ2) is 13.0. The van der Waals surface area contributed by atoms with E-state index in [1.165, 1.54) is 6.08 Å². The molecule has 2 amide bonds. The molecule has 0 atom stereocenters. The number of pyridine rings is 2. The van der Waals surface area contributed by atoms with Gasteiger partial charge in [0.15, 0.2) is 0 Å². The molecule has 1 N–H and O–H groups in total. The van der Waals surface area contributed by atoms with Gasteiger partial charge in [0.2, 0.25) is 5.91 Å². The molecule has 2 aromatic carbocycles. The highest BCUT2D eigenvalue weighted by molar-refractivity contribution is 6.04. The highest BCUT2D eigenvalue weighted by atomic mass is 16.5. The number of aromatic nitrogens is 2. The van der Waals surface area contributed by atoms with Crippen LogP contribution >= 0.6 is 0 Å². The van der Waals surface area contributed by atoms with Crippen molar-refractivity contribution in [3.8, 4) is 11.5 Å². The molecule has 1 fully saturated rings. The predicted octanol–water partition coefficient (Wildman–Crippen LogP) is 4.92. The van der Waals surface area contributed by atoms with E-state index in [1.807, 2.05) is 24.3 Å². The maximum Gasteiger partial charge on any atom is 0.256 e. The van der Waals surface area contributed by atoms with Gasteiger partial charge in [0.25, 0.3) is 5.91 Å². The number of rotatable bonds is 10. The Morgan fingerprint density at radius 3 is 2.60 bits per heavy atom. The minimum absolute atomic E-state index is 0.160. The average molecular weight is 538 g/mol. The molecule has 1 aliphatic rings. The Morgan fingerprint density at radius 2 is 1.85 bits per heavy atom. The number of amides is 2. The molecule has 5 rings (SSSR count). The first-order chi connectivity index (χ1) is 19.6. The maximum atomic E-state index is 12.8. The first-order valence-electron chi connectivity index (χ1n) is 13.2. The number of nitrogens with zero attached hydrogens (tertiary/aromatic N) is 4. The fourth-order valence-electron chi connectivity index (χ4n) is 4.55. The van der Waals surface area contributed by atoms with Gasteiger partial charge in [0.05, 0.1) is 18.7 Å². The van der Waals surface area contributed by atoms with Crippen LogP contribution in [0, 0.1) is 0 Å². The van der Waals surface area contributed by atoms with Gasteiger partial charge < -0.3 is 19.7 Å². The van der Waals surface area contributed by atoms with Crippen LogP contribution in [0.15, 0.2) is 91.8 Å². The van der Waals surface area contributed by atoms with Crippen LogP contribution in [0.1, 0.15) is 16.8 Å². The fourth-order valence-corrected chi connectivity index (χ4v) is 4.55. The lowest BCUT2D eigenvalue weighted by Crippen LogP contribution is -2.39. The van der Waals surface area contributed by atoms with Crippen molar-refractivity contribution < 1.29 is 19.1 Å². The molecule has 9 heteroatoms. The number of morpholine rings is 1. The molecule has 1 saturated heterocycles. The number of hydrogen-bond donors (Lipinski definition) is 1. The molecule has 3 heterocycles. The number of hydrogen-bond acceptors (Lipinski definition) is 7. The van der Waals surface area contributed by atoms with E-state index in [2.05, 4.69) is 26.8 Å². The standard InChI is InChI=1S/C31H31N5O4/c1-2-30(37)36(17-5-16-35-18-20-39-21-19-35)24-9-12-27-26(22-24)28(13-15-32-27)40-25-10-7-23(8-11-25)31(38)34-29-6-3-4-14-33-29/h2-4,6-15,22H,1,5,16-21H2,(H,33,34,38). The quantitative estimate of drug-likeness (QED) is 0.287. The molecule has 1 aliphatic heterocycles. The van der Waals surface area contributed by atoms with Crippen molar-refractivity contribution in [1.29, 1.82) is 0 Å². The topological polar surface area (TPSA) is 96.9 Å². The Balaban J connectivity index is 1.31. The van der Waals surface area contributed by atoms with Crippen molar-refractivity contribution in [3.63, 3.8) is 0 Å². The first-order valence-corrected chi connectivity index (χ1v) is 13.2. The van der Waals surface area contributed by atoms with Crippen LogP contribution in [0.25, 0.3) is 10.9 Å². The largest absolute Gasteiger partial charge is 0.457 e. The van der Waals surface area contributed by atoms with Gasteiger partial charge in [-0.15, -0.1) is 0 Å². The summed E-state index contributed by atoms with van der Waals surface area (Å²) in [6.07, 6.45) is 5.47. The molecular weight excluding hydrogens is 506 g/mol. The van der Waals surface area contributed by atoms with Gasteiger partial charge in [-0.3, -0.25) is 19.5 Å². The van der Waals surface area contributed by atoms with Crippen LogP contribution in [0.2, 0.25) is 0 Å². The number of fused-ring (bicyclic) bond motifs is 1. The van der Waals surface area contributed by atoms with E-state index in [4.69, 9.17) is 9.47 Å². The molecule has 40 heavy (non-hydrogen) atoms. The Labute approximate surface area is 233 Å². The fraction of sp³-hybridized carbons (Fsp3) is 0.226. The number of carbonyl (C=O) groups is 2. The monoisotopic (exact) mass is 537 g/mol. The normalized spacial score (nSPS) is 13.5. The highest BCUT2D eigenvalue weighted by Crippen LogP contribution is 2.32. The van der Waals surface area contributed by atoms with E-state index in [-0.39, 0.29) is 11.8 Å². The van der Waals surface area contributed by atoms with E-state index in [0.717, 1.165) is 55.9 Å². The van der Waals surface area contributed by atoms with Crippen molar-refractivity contribution >= 4 is 34.2 Å². The summed E-state index contributed by atoms with van der Waals surface area (Å²) in [5.74, 6) is 1.22. The van der Waals surface area contributed by atoms with Gasteiger partial charge in [-0.25, -0.2) is 4.98 Å². The summed E-state index contributed by atoms with van der Waals surface area (Å²) in [6, 6.07) is 19.7. The molecular formula is C31H31N5O4. The Bertz CT molecular complexity index is 1470. The third-order valence-electron chi connectivity index (χ3n) is 6.65. The minimum Gasteiger partial charge on any atom is -0.457 e. The summed E-state index contributed by atoms with van der Waals surface area (Å²) in [5.41, 5.74) is 1.97. The number of benzene rings is 2. The molecule has 0 bridgehead atoms. The van der Waals surface area contributed by atoms with Crippen molar-refractivity contribution in [3.05, 3.63) is 97.3 Å². The Hall–Kier alpha value is -4.60. The molecule has 0 saturated carbocycles. The molecule has 204 valence electrons. The lowest BCUT2D eigenvalue weighted by molar-refractivity contribution is -0.114. The van der Waals surface area contributed by atoms with Gasteiger partial charge in [0, 0.05) is 55.2 Å². The first kappa shape index (κ1) is 27.0. The summed E-state index contributed by atoms with van der Waals surface area (Å²) in [4.78, 5) is 38.0. The zero-order chi connectivity index (χ0) is 27.7. The third-order valence-corrected chi connectivity index (χ3v) is 6.65. The van der Waals surface area contributed by atoms with E-state index in [0.29, 0.717) is 29.4 Å². The molecule has 2 aromatic heterocycles. The van der Waals surface area contributed by atoms with Gasteiger partial charge in [0.1, 0.15) is 17.3 Å². The molecule has 9 nitrogen and oxygen atoms in total. The number of ether oxygens (including phenoxy) is 2. The molecule has 0 radical (unpaired) electrons. The van der Waals surface area contributed by atoms with E-state index in [9.17, 15) is 9.59 Å². The summed E-state index contributed by atoms with van der Waals surface area (Å²) >= 11 is 0. The van der Waals surface area contributed by atoms with Crippen LogP contribution in [-0.2, 0) is 9.53 Å². The zero-order valence-electron chi connectivity index (χ0n) is 22.2. The summed E-state index contributed by atoms with van der Waals surface area (Å²) in [7, 11) is 0.